The molecule has 1 aromatic rings. The Morgan fingerprint density at radius 2 is 1.16 bits per heavy atom. The molecular formula is C7H4N4O8. The van der Waals surface area contributed by atoms with E-state index < -0.39 is 48.0 Å². The Balaban J connectivity index is 3.98. The van der Waals surface area contributed by atoms with Crippen LogP contribution in [0.3, 0.4) is 0 Å². The number of hydrogen-bond donors (Lipinski definition) is 0. The minimum atomic E-state index is -1.51. The largest absolute Gasteiger partial charge is 0.430 e. The zero-order valence-corrected chi connectivity index (χ0v) is 9.13. The maximum absolute atomic E-state index is 10.8. The molecule has 1 aromatic carbocycles. The van der Waals surface area contributed by atoms with Crippen molar-refractivity contribution in [2.24, 2.45) is 0 Å². The molecular weight excluding hydrogens is 268 g/mol. The van der Waals surface area contributed by atoms with Gasteiger partial charge in [0.25, 0.3) is 0 Å². The third-order valence-corrected chi connectivity index (χ3v) is 2.16. The van der Waals surface area contributed by atoms with Crippen LogP contribution in [0.25, 0.3) is 0 Å². The maximum atomic E-state index is 10.8. The van der Waals surface area contributed by atoms with Crippen molar-refractivity contribution < 1.29 is 19.7 Å². The van der Waals surface area contributed by atoms with E-state index in [9.17, 15) is 40.5 Å². The van der Waals surface area contributed by atoms with E-state index in [4.69, 9.17) is 0 Å². The van der Waals surface area contributed by atoms with Crippen LogP contribution in [0, 0.1) is 47.4 Å². The minimum absolute atomic E-state index is 0.408. The fourth-order valence-electron chi connectivity index (χ4n) is 1.48. The van der Waals surface area contributed by atoms with E-state index in [-0.39, 0.29) is 0 Å². The molecule has 0 bridgehead atoms. The summed E-state index contributed by atoms with van der Waals surface area (Å²) in [6.07, 6.45) is 0. The van der Waals surface area contributed by atoms with Crippen LogP contribution in [0.4, 0.5) is 22.7 Å². The predicted octanol–water partition coefficient (Wildman–Crippen LogP) is 1.63. The van der Waals surface area contributed by atoms with Crippen LogP contribution >= 0.6 is 0 Å². The molecule has 0 spiro atoms. The third kappa shape index (κ3) is 2.26. The Kier molecular flexibility index (Phi) is 3.36. The second kappa shape index (κ2) is 4.59. The van der Waals surface area contributed by atoms with Crippen molar-refractivity contribution in [2.75, 3.05) is 0 Å². The average Bonchev–Trinajstić information content (AvgIpc) is 2.25. The van der Waals surface area contributed by atoms with E-state index >= 15 is 0 Å². The first-order chi connectivity index (χ1) is 8.68. The summed E-state index contributed by atoms with van der Waals surface area (Å²) in [6, 6.07) is 0.559. The van der Waals surface area contributed by atoms with Gasteiger partial charge in [0.1, 0.15) is 0 Å². The molecule has 0 aliphatic rings. The number of aryl methyl sites for hydroxylation is 1. The third-order valence-electron chi connectivity index (χ3n) is 2.16. The Labute approximate surface area is 102 Å². The summed E-state index contributed by atoms with van der Waals surface area (Å²) in [6.45, 7) is 1.02. The molecule has 0 amide bonds. The molecule has 0 atom stereocenters. The summed E-state index contributed by atoms with van der Waals surface area (Å²) >= 11 is 0. The van der Waals surface area contributed by atoms with Gasteiger partial charge in [-0.05, 0) is 6.92 Å². The Hall–Kier alpha value is -3.18. The van der Waals surface area contributed by atoms with E-state index in [1.54, 1.807) is 0 Å². The zero-order chi connectivity index (χ0) is 14.9. The fourth-order valence-corrected chi connectivity index (χ4v) is 1.48. The van der Waals surface area contributed by atoms with E-state index in [1.165, 1.54) is 0 Å². The molecule has 1 rings (SSSR count). The SMILES string of the molecule is Cc1cc([N+](=O)[O-])c([N+](=O)[O-])c([N+](=O)[O-])c1[N+](=O)[O-]. The van der Waals surface area contributed by atoms with Gasteiger partial charge >= 0.3 is 22.7 Å². The van der Waals surface area contributed by atoms with Gasteiger partial charge in [0.15, 0.2) is 0 Å². The van der Waals surface area contributed by atoms with Crippen molar-refractivity contribution in [1.29, 1.82) is 0 Å². The topological polar surface area (TPSA) is 173 Å². The summed E-state index contributed by atoms with van der Waals surface area (Å²) in [7, 11) is 0. The summed E-state index contributed by atoms with van der Waals surface area (Å²) < 4.78 is 0. The van der Waals surface area contributed by atoms with E-state index in [1.807, 2.05) is 0 Å². The molecule has 0 unspecified atom stereocenters. The van der Waals surface area contributed by atoms with Crippen LogP contribution in [0.2, 0.25) is 0 Å². The lowest BCUT2D eigenvalue weighted by molar-refractivity contribution is -0.452. The molecule has 0 aliphatic carbocycles. The highest BCUT2D eigenvalue weighted by Gasteiger charge is 2.45. The van der Waals surface area contributed by atoms with Crippen molar-refractivity contribution in [3.63, 3.8) is 0 Å². The second-order valence-corrected chi connectivity index (χ2v) is 3.29. The van der Waals surface area contributed by atoms with Crippen LogP contribution < -0.4 is 0 Å². The average molecular weight is 272 g/mol. The van der Waals surface area contributed by atoms with Gasteiger partial charge in [0.2, 0.25) is 0 Å². The summed E-state index contributed by atoms with van der Waals surface area (Å²) in [5.74, 6) is 0. The summed E-state index contributed by atoms with van der Waals surface area (Å²) in [5, 5.41) is 42.8. The van der Waals surface area contributed by atoms with Gasteiger partial charge in [-0.3, -0.25) is 40.5 Å². The number of benzene rings is 1. The van der Waals surface area contributed by atoms with Gasteiger partial charge < -0.3 is 0 Å². The first kappa shape index (κ1) is 13.9. The lowest BCUT2D eigenvalue weighted by Crippen LogP contribution is -2.06. The summed E-state index contributed by atoms with van der Waals surface area (Å²) in [4.78, 5) is 37.7. The van der Waals surface area contributed by atoms with E-state index in [0.717, 1.165) is 6.92 Å². The molecule has 0 N–H and O–H groups in total. The number of nitrogens with zero attached hydrogens (tertiary/aromatic N) is 4. The van der Waals surface area contributed by atoms with Crippen LogP contribution in [-0.4, -0.2) is 19.7 Å². The van der Waals surface area contributed by atoms with Crippen LogP contribution in [0.5, 0.6) is 0 Å². The highest BCUT2D eigenvalue weighted by atomic mass is 16.7. The minimum Gasteiger partial charge on any atom is -0.258 e. The quantitative estimate of drug-likeness (QED) is 0.586. The van der Waals surface area contributed by atoms with Gasteiger partial charge in [0.05, 0.1) is 19.7 Å². The molecule has 0 saturated carbocycles. The van der Waals surface area contributed by atoms with Crippen molar-refractivity contribution in [3.8, 4) is 0 Å². The molecule has 0 saturated heterocycles. The van der Waals surface area contributed by atoms with Gasteiger partial charge in [-0.25, -0.2) is 0 Å². The van der Waals surface area contributed by atoms with E-state index in [2.05, 4.69) is 0 Å². The standard InChI is InChI=1S/C7H4N4O8/c1-3-2-4(8(12)13)6(10(16)17)7(11(18)19)5(3)9(14)15/h2H,1H3. The van der Waals surface area contributed by atoms with E-state index in [0.29, 0.717) is 6.07 Å². The molecule has 0 aromatic heterocycles. The molecule has 0 heterocycles. The highest BCUT2D eigenvalue weighted by Crippen LogP contribution is 2.44. The van der Waals surface area contributed by atoms with Crippen molar-refractivity contribution in [2.45, 2.75) is 6.92 Å². The first-order valence-corrected chi connectivity index (χ1v) is 4.43. The molecule has 12 heteroatoms. The molecule has 0 aliphatic heterocycles. The Morgan fingerprint density at radius 3 is 1.47 bits per heavy atom. The summed E-state index contributed by atoms with van der Waals surface area (Å²) in [5.41, 5.74) is -5.72. The van der Waals surface area contributed by atoms with Crippen LogP contribution in [0.15, 0.2) is 6.07 Å². The molecule has 12 nitrogen and oxygen atoms in total. The van der Waals surface area contributed by atoms with Crippen molar-refractivity contribution in [3.05, 3.63) is 52.1 Å². The van der Waals surface area contributed by atoms with Gasteiger partial charge in [0, 0.05) is 11.6 Å². The van der Waals surface area contributed by atoms with Crippen molar-refractivity contribution >= 4 is 22.7 Å². The van der Waals surface area contributed by atoms with Gasteiger partial charge in [-0.2, -0.15) is 0 Å². The highest BCUT2D eigenvalue weighted by molar-refractivity contribution is 5.77. The van der Waals surface area contributed by atoms with Crippen molar-refractivity contribution in [1.82, 2.24) is 0 Å². The first-order valence-electron chi connectivity index (χ1n) is 4.43. The zero-order valence-electron chi connectivity index (χ0n) is 9.13. The number of nitro groups is 4. The molecule has 0 fully saturated rings. The lowest BCUT2D eigenvalue weighted by Gasteiger charge is -2.00. The number of rotatable bonds is 4. The van der Waals surface area contributed by atoms with Gasteiger partial charge in [-0.15, -0.1) is 0 Å². The number of nitro benzene ring substituents is 4. The van der Waals surface area contributed by atoms with Crippen LogP contribution in [-0.2, 0) is 0 Å². The predicted molar refractivity (Wildman–Crippen MR) is 57.8 cm³/mol. The second-order valence-electron chi connectivity index (χ2n) is 3.29. The lowest BCUT2D eigenvalue weighted by atomic mass is 10.1. The monoisotopic (exact) mass is 272 g/mol. The molecule has 100 valence electrons. The normalized spacial score (nSPS) is 9.95. The molecule has 0 radical (unpaired) electrons. The Morgan fingerprint density at radius 1 is 0.737 bits per heavy atom. The maximum Gasteiger partial charge on any atom is 0.430 e. The Bertz CT molecular complexity index is 624. The smallest absolute Gasteiger partial charge is 0.258 e. The van der Waals surface area contributed by atoms with Gasteiger partial charge in [-0.1, -0.05) is 0 Å². The van der Waals surface area contributed by atoms with Crippen LogP contribution in [0.1, 0.15) is 5.56 Å². The molecule has 19 heavy (non-hydrogen) atoms. The fraction of sp³-hybridized carbons (Fsp3) is 0.143. The number of hydrogen-bond acceptors (Lipinski definition) is 8.